The molecule has 0 aliphatic rings. The minimum absolute atomic E-state index is 0.140. The van der Waals surface area contributed by atoms with E-state index in [0.717, 1.165) is 9.86 Å². The van der Waals surface area contributed by atoms with Gasteiger partial charge in [0.05, 0.1) is 0 Å². The molecule has 18 heavy (non-hydrogen) atoms. The maximum atomic E-state index is 12.1. The van der Waals surface area contributed by atoms with E-state index >= 15 is 0 Å². The SMILES string of the molecule is Nc1nccn1C(=O)c1cc2ccc(Br)cc2o1. The van der Waals surface area contributed by atoms with Crippen LogP contribution in [0.25, 0.3) is 11.0 Å². The molecule has 3 rings (SSSR count). The predicted molar refractivity (Wildman–Crippen MR) is 70.3 cm³/mol. The number of benzene rings is 1. The summed E-state index contributed by atoms with van der Waals surface area (Å²) in [6.45, 7) is 0. The third-order valence-corrected chi connectivity index (χ3v) is 3.07. The molecule has 2 aromatic heterocycles. The van der Waals surface area contributed by atoms with Crippen LogP contribution in [0.4, 0.5) is 5.95 Å². The fourth-order valence-electron chi connectivity index (χ4n) is 1.72. The zero-order valence-electron chi connectivity index (χ0n) is 9.13. The van der Waals surface area contributed by atoms with E-state index in [9.17, 15) is 4.79 Å². The van der Waals surface area contributed by atoms with Crippen molar-refractivity contribution in [3.05, 3.63) is 46.9 Å². The van der Waals surface area contributed by atoms with Crippen molar-refractivity contribution in [2.45, 2.75) is 0 Å². The van der Waals surface area contributed by atoms with Crippen molar-refractivity contribution >= 4 is 38.8 Å². The average Bonchev–Trinajstić information content (AvgIpc) is 2.93. The van der Waals surface area contributed by atoms with E-state index < -0.39 is 0 Å². The second kappa shape index (κ2) is 3.99. The molecule has 1 aromatic carbocycles. The molecule has 6 heteroatoms. The van der Waals surface area contributed by atoms with Crippen LogP contribution in [-0.4, -0.2) is 15.5 Å². The standard InChI is InChI=1S/C12H8BrN3O2/c13-8-2-1-7-5-10(18-9(7)6-8)11(17)16-4-3-15-12(16)14/h1-6H,(H2,14,15). The number of carbonyl (C=O) groups excluding carboxylic acids is 1. The number of fused-ring (bicyclic) bond motifs is 1. The molecule has 5 nitrogen and oxygen atoms in total. The lowest BCUT2D eigenvalue weighted by atomic mass is 10.2. The van der Waals surface area contributed by atoms with Crippen LogP contribution in [0.2, 0.25) is 0 Å². The van der Waals surface area contributed by atoms with E-state index in [1.54, 1.807) is 6.07 Å². The largest absolute Gasteiger partial charge is 0.451 e. The molecule has 2 heterocycles. The topological polar surface area (TPSA) is 74.0 Å². The van der Waals surface area contributed by atoms with Gasteiger partial charge in [0.2, 0.25) is 5.95 Å². The van der Waals surface area contributed by atoms with Gasteiger partial charge < -0.3 is 10.2 Å². The Bertz CT molecular complexity index is 745. The Morgan fingerprint density at radius 1 is 1.39 bits per heavy atom. The molecule has 0 aliphatic heterocycles. The van der Waals surface area contributed by atoms with Crippen LogP contribution < -0.4 is 5.73 Å². The Morgan fingerprint density at radius 3 is 2.94 bits per heavy atom. The Kier molecular flexibility index (Phi) is 2.45. The molecule has 0 unspecified atom stereocenters. The number of rotatable bonds is 1. The van der Waals surface area contributed by atoms with E-state index in [1.165, 1.54) is 17.0 Å². The van der Waals surface area contributed by atoms with E-state index in [-0.39, 0.29) is 17.6 Å². The van der Waals surface area contributed by atoms with E-state index in [0.29, 0.717) is 5.58 Å². The molecule has 0 radical (unpaired) electrons. The lowest BCUT2D eigenvalue weighted by molar-refractivity contribution is 0.0937. The van der Waals surface area contributed by atoms with E-state index in [4.69, 9.17) is 10.2 Å². The predicted octanol–water partition coefficient (Wildman–Crippen LogP) is 2.66. The Balaban J connectivity index is 2.10. The smallest absolute Gasteiger partial charge is 0.300 e. The summed E-state index contributed by atoms with van der Waals surface area (Å²) in [6.07, 6.45) is 2.97. The first-order chi connectivity index (χ1) is 8.65. The van der Waals surface area contributed by atoms with Crippen LogP contribution in [-0.2, 0) is 0 Å². The molecular formula is C12H8BrN3O2. The van der Waals surface area contributed by atoms with Crippen LogP contribution in [0.5, 0.6) is 0 Å². The molecule has 0 fully saturated rings. The van der Waals surface area contributed by atoms with Crippen molar-refractivity contribution in [1.82, 2.24) is 9.55 Å². The Labute approximate surface area is 110 Å². The Hall–Kier alpha value is -2.08. The van der Waals surface area contributed by atoms with Gasteiger partial charge in [0.1, 0.15) is 5.58 Å². The number of halogens is 1. The molecule has 0 atom stereocenters. The average molecular weight is 306 g/mol. The van der Waals surface area contributed by atoms with Crippen molar-refractivity contribution in [1.29, 1.82) is 0 Å². The maximum absolute atomic E-state index is 12.1. The number of hydrogen-bond donors (Lipinski definition) is 1. The minimum Gasteiger partial charge on any atom is -0.451 e. The van der Waals surface area contributed by atoms with Gasteiger partial charge >= 0.3 is 0 Å². The highest BCUT2D eigenvalue weighted by molar-refractivity contribution is 9.10. The first-order valence-electron chi connectivity index (χ1n) is 5.18. The second-order valence-electron chi connectivity index (χ2n) is 3.75. The lowest BCUT2D eigenvalue weighted by Gasteiger charge is -1.98. The summed E-state index contributed by atoms with van der Waals surface area (Å²) < 4.78 is 7.64. The van der Waals surface area contributed by atoms with Gasteiger partial charge in [-0.2, -0.15) is 0 Å². The molecule has 0 saturated heterocycles. The summed E-state index contributed by atoms with van der Waals surface area (Å²) >= 11 is 3.35. The van der Waals surface area contributed by atoms with Gasteiger partial charge in [-0.1, -0.05) is 15.9 Å². The van der Waals surface area contributed by atoms with Crippen molar-refractivity contribution in [3.63, 3.8) is 0 Å². The van der Waals surface area contributed by atoms with E-state index in [2.05, 4.69) is 20.9 Å². The van der Waals surface area contributed by atoms with Gasteiger partial charge in [-0.3, -0.25) is 4.79 Å². The number of nitrogens with two attached hydrogens (primary N) is 1. The third kappa shape index (κ3) is 1.70. The molecule has 0 saturated carbocycles. The molecule has 0 amide bonds. The summed E-state index contributed by atoms with van der Waals surface area (Å²) in [5.74, 6) is 0.0340. The highest BCUT2D eigenvalue weighted by Crippen LogP contribution is 2.24. The molecular weight excluding hydrogens is 298 g/mol. The number of nitrogens with zero attached hydrogens (tertiary/aromatic N) is 2. The van der Waals surface area contributed by atoms with Crippen molar-refractivity contribution in [3.8, 4) is 0 Å². The number of nitrogen functional groups attached to an aromatic ring is 1. The Morgan fingerprint density at radius 2 is 2.22 bits per heavy atom. The van der Waals surface area contributed by atoms with Crippen LogP contribution in [0.3, 0.4) is 0 Å². The number of aromatic nitrogens is 2. The quantitative estimate of drug-likeness (QED) is 0.750. The first-order valence-corrected chi connectivity index (χ1v) is 5.97. The molecule has 0 bridgehead atoms. The third-order valence-electron chi connectivity index (χ3n) is 2.58. The number of carbonyl (C=O) groups is 1. The van der Waals surface area contributed by atoms with Crippen LogP contribution in [0.1, 0.15) is 10.6 Å². The highest BCUT2D eigenvalue weighted by Gasteiger charge is 2.16. The number of hydrogen-bond acceptors (Lipinski definition) is 4. The second-order valence-corrected chi connectivity index (χ2v) is 4.67. The number of anilines is 1. The molecule has 3 aromatic rings. The van der Waals surface area contributed by atoms with Crippen molar-refractivity contribution in [2.24, 2.45) is 0 Å². The van der Waals surface area contributed by atoms with E-state index in [1.807, 2.05) is 18.2 Å². The maximum Gasteiger partial charge on any atom is 0.300 e. The van der Waals surface area contributed by atoms with Crippen molar-refractivity contribution < 1.29 is 9.21 Å². The normalized spacial score (nSPS) is 10.9. The fraction of sp³-hybridized carbons (Fsp3) is 0. The summed E-state index contributed by atoms with van der Waals surface area (Å²) in [6, 6.07) is 7.25. The van der Waals surface area contributed by atoms with Gasteiger partial charge in [0.25, 0.3) is 5.91 Å². The van der Waals surface area contributed by atoms with Crippen LogP contribution >= 0.6 is 15.9 Å². The monoisotopic (exact) mass is 305 g/mol. The van der Waals surface area contributed by atoms with Crippen molar-refractivity contribution in [2.75, 3.05) is 5.73 Å². The summed E-state index contributed by atoms with van der Waals surface area (Å²) in [4.78, 5) is 15.9. The fourth-order valence-corrected chi connectivity index (χ4v) is 2.06. The van der Waals surface area contributed by atoms with Gasteiger partial charge in [-0.25, -0.2) is 9.55 Å². The minimum atomic E-state index is -0.336. The molecule has 0 spiro atoms. The van der Waals surface area contributed by atoms with Gasteiger partial charge in [-0.15, -0.1) is 0 Å². The zero-order valence-corrected chi connectivity index (χ0v) is 10.7. The van der Waals surface area contributed by atoms with Gasteiger partial charge in [-0.05, 0) is 24.3 Å². The number of imidazole rings is 1. The van der Waals surface area contributed by atoms with Gasteiger partial charge in [0, 0.05) is 22.3 Å². The summed E-state index contributed by atoms with van der Waals surface area (Å²) in [5, 5.41) is 0.861. The molecule has 2 N–H and O–H groups in total. The summed E-state index contributed by atoms with van der Waals surface area (Å²) in [5.41, 5.74) is 6.22. The van der Waals surface area contributed by atoms with Crippen LogP contribution in [0.15, 0.2) is 45.5 Å². The van der Waals surface area contributed by atoms with Crippen LogP contribution in [0, 0.1) is 0 Å². The molecule has 90 valence electrons. The lowest BCUT2D eigenvalue weighted by Crippen LogP contribution is -2.12. The van der Waals surface area contributed by atoms with Gasteiger partial charge in [0.15, 0.2) is 5.76 Å². The first kappa shape index (κ1) is 11.0. The molecule has 0 aliphatic carbocycles. The summed E-state index contributed by atoms with van der Waals surface area (Å²) in [7, 11) is 0. The zero-order chi connectivity index (χ0) is 12.7. The number of furan rings is 1. The highest BCUT2D eigenvalue weighted by atomic mass is 79.9.